The first-order chi connectivity index (χ1) is 9.08. The maximum atomic E-state index is 10.8. The molecule has 1 saturated heterocycles. The van der Waals surface area contributed by atoms with Crippen molar-refractivity contribution in [2.75, 3.05) is 31.2 Å². The van der Waals surface area contributed by atoms with Crippen molar-refractivity contribution in [3.05, 3.63) is 28.3 Å². The molecule has 0 saturated carbocycles. The van der Waals surface area contributed by atoms with Gasteiger partial charge in [0.25, 0.3) is 5.69 Å². The second kappa shape index (κ2) is 5.88. The first-order valence-electron chi connectivity index (χ1n) is 6.35. The average Bonchev–Trinajstić information content (AvgIpc) is 2.39. The third-order valence-corrected chi connectivity index (χ3v) is 2.87. The molecule has 1 heterocycles. The molecule has 0 aliphatic carbocycles. The second-order valence-electron chi connectivity index (χ2n) is 4.68. The van der Waals surface area contributed by atoms with Gasteiger partial charge < -0.3 is 14.4 Å². The molecule has 0 radical (unpaired) electrons. The van der Waals surface area contributed by atoms with E-state index in [1.165, 1.54) is 12.1 Å². The van der Waals surface area contributed by atoms with Gasteiger partial charge in [-0.1, -0.05) is 0 Å². The molecule has 1 aromatic rings. The lowest BCUT2D eigenvalue weighted by Crippen LogP contribution is -2.36. The predicted molar refractivity (Wildman–Crippen MR) is 71.9 cm³/mol. The minimum atomic E-state index is -0.406. The fourth-order valence-electron chi connectivity index (χ4n) is 2.03. The summed E-state index contributed by atoms with van der Waals surface area (Å²) in [6.45, 7) is 6.68. The smallest absolute Gasteiger partial charge is 0.273 e. The largest absolute Gasteiger partial charge is 0.489 e. The van der Waals surface area contributed by atoms with Crippen LogP contribution in [0.2, 0.25) is 0 Å². The van der Waals surface area contributed by atoms with Crippen LogP contribution in [0.5, 0.6) is 5.75 Å². The van der Waals surface area contributed by atoms with Crippen molar-refractivity contribution in [2.24, 2.45) is 0 Å². The standard InChI is InChI=1S/C13H18N2O4/c1-10(2)19-13-9-11(15(16)17)3-4-12(13)14-5-7-18-8-6-14/h3-4,9-10H,5-8H2,1-2H3. The van der Waals surface area contributed by atoms with Crippen LogP contribution in [0.1, 0.15) is 13.8 Å². The summed E-state index contributed by atoms with van der Waals surface area (Å²) in [6, 6.07) is 4.75. The number of rotatable bonds is 4. The van der Waals surface area contributed by atoms with Crippen LogP contribution in [-0.2, 0) is 4.74 Å². The Morgan fingerprint density at radius 1 is 1.37 bits per heavy atom. The zero-order valence-electron chi connectivity index (χ0n) is 11.2. The number of morpholine rings is 1. The highest BCUT2D eigenvalue weighted by Gasteiger charge is 2.19. The molecule has 0 aromatic heterocycles. The Balaban J connectivity index is 2.31. The fourth-order valence-corrected chi connectivity index (χ4v) is 2.03. The number of nitro groups is 1. The monoisotopic (exact) mass is 266 g/mol. The number of hydrogen-bond acceptors (Lipinski definition) is 5. The molecule has 1 aliphatic heterocycles. The van der Waals surface area contributed by atoms with Crippen LogP contribution in [0.3, 0.4) is 0 Å². The number of non-ortho nitro benzene ring substituents is 1. The Hall–Kier alpha value is -1.82. The Morgan fingerprint density at radius 3 is 2.63 bits per heavy atom. The van der Waals surface area contributed by atoms with Crippen LogP contribution >= 0.6 is 0 Å². The van der Waals surface area contributed by atoms with Gasteiger partial charge in [-0.05, 0) is 19.9 Å². The van der Waals surface area contributed by atoms with E-state index in [2.05, 4.69) is 4.90 Å². The molecule has 0 N–H and O–H groups in total. The SMILES string of the molecule is CC(C)Oc1cc([N+](=O)[O-])ccc1N1CCOCC1. The van der Waals surface area contributed by atoms with Crippen LogP contribution in [0.15, 0.2) is 18.2 Å². The maximum absolute atomic E-state index is 10.8. The van der Waals surface area contributed by atoms with Gasteiger partial charge in [0.1, 0.15) is 5.75 Å². The summed E-state index contributed by atoms with van der Waals surface area (Å²) in [7, 11) is 0. The van der Waals surface area contributed by atoms with E-state index in [4.69, 9.17) is 9.47 Å². The summed E-state index contributed by atoms with van der Waals surface area (Å²) in [6.07, 6.45) is -0.0261. The normalized spacial score (nSPS) is 15.6. The number of benzene rings is 1. The van der Waals surface area contributed by atoms with Gasteiger partial charge in [0.05, 0.1) is 36.0 Å². The molecule has 19 heavy (non-hydrogen) atoms. The van der Waals surface area contributed by atoms with Crippen LogP contribution in [-0.4, -0.2) is 37.3 Å². The highest BCUT2D eigenvalue weighted by molar-refractivity contribution is 5.62. The van der Waals surface area contributed by atoms with Crippen molar-refractivity contribution < 1.29 is 14.4 Å². The Morgan fingerprint density at radius 2 is 2.05 bits per heavy atom. The fraction of sp³-hybridized carbons (Fsp3) is 0.538. The summed E-state index contributed by atoms with van der Waals surface area (Å²) >= 11 is 0. The van der Waals surface area contributed by atoms with Gasteiger partial charge in [0, 0.05) is 19.2 Å². The first-order valence-corrected chi connectivity index (χ1v) is 6.35. The summed E-state index contributed by atoms with van der Waals surface area (Å²) in [5, 5.41) is 10.8. The van der Waals surface area contributed by atoms with Crippen molar-refractivity contribution in [1.82, 2.24) is 0 Å². The predicted octanol–water partition coefficient (Wildman–Crippen LogP) is 2.22. The molecule has 1 fully saturated rings. The van der Waals surface area contributed by atoms with Crippen LogP contribution in [0.25, 0.3) is 0 Å². The lowest BCUT2D eigenvalue weighted by Gasteiger charge is -2.30. The van der Waals surface area contributed by atoms with Gasteiger partial charge in [0.15, 0.2) is 0 Å². The van der Waals surface area contributed by atoms with E-state index in [9.17, 15) is 10.1 Å². The summed E-state index contributed by atoms with van der Waals surface area (Å²) in [4.78, 5) is 12.6. The van der Waals surface area contributed by atoms with Gasteiger partial charge in [-0.3, -0.25) is 10.1 Å². The molecule has 1 aromatic carbocycles. The molecule has 6 nitrogen and oxygen atoms in total. The quantitative estimate of drug-likeness (QED) is 0.617. The van der Waals surface area contributed by atoms with Crippen LogP contribution in [0, 0.1) is 10.1 Å². The molecular weight excluding hydrogens is 248 g/mol. The lowest BCUT2D eigenvalue weighted by atomic mass is 10.2. The zero-order valence-corrected chi connectivity index (χ0v) is 11.2. The third-order valence-electron chi connectivity index (χ3n) is 2.87. The summed E-state index contributed by atoms with van der Waals surface area (Å²) in [5.74, 6) is 0.561. The van der Waals surface area contributed by atoms with E-state index in [-0.39, 0.29) is 11.8 Å². The van der Waals surface area contributed by atoms with Gasteiger partial charge >= 0.3 is 0 Å². The van der Waals surface area contributed by atoms with E-state index >= 15 is 0 Å². The third kappa shape index (κ3) is 3.35. The molecule has 0 atom stereocenters. The number of anilines is 1. The highest BCUT2D eigenvalue weighted by Crippen LogP contribution is 2.33. The van der Waals surface area contributed by atoms with Gasteiger partial charge in [-0.25, -0.2) is 0 Å². The van der Waals surface area contributed by atoms with Crippen molar-refractivity contribution in [3.8, 4) is 5.75 Å². The molecule has 0 spiro atoms. The summed E-state index contributed by atoms with van der Waals surface area (Å²) < 4.78 is 11.0. The topological polar surface area (TPSA) is 64.8 Å². The molecule has 0 unspecified atom stereocenters. The van der Waals surface area contributed by atoms with Gasteiger partial charge in [0.2, 0.25) is 0 Å². The number of hydrogen-bond donors (Lipinski definition) is 0. The Kier molecular flexibility index (Phi) is 4.21. The lowest BCUT2D eigenvalue weighted by molar-refractivity contribution is -0.384. The molecule has 0 bridgehead atoms. The first kappa shape index (κ1) is 13.6. The molecule has 2 rings (SSSR count). The Bertz CT molecular complexity index is 456. The van der Waals surface area contributed by atoms with E-state index in [0.717, 1.165) is 18.8 Å². The van der Waals surface area contributed by atoms with E-state index in [1.54, 1.807) is 6.07 Å². The van der Waals surface area contributed by atoms with E-state index in [1.807, 2.05) is 13.8 Å². The molecule has 0 amide bonds. The van der Waals surface area contributed by atoms with Crippen molar-refractivity contribution >= 4 is 11.4 Å². The highest BCUT2D eigenvalue weighted by atomic mass is 16.6. The molecule has 104 valence electrons. The molecule has 1 aliphatic rings. The van der Waals surface area contributed by atoms with Crippen molar-refractivity contribution in [2.45, 2.75) is 20.0 Å². The van der Waals surface area contributed by atoms with Gasteiger partial charge in [-0.15, -0.1) is 0 Å². The van der Waals surface area contributed by atoms with Gasteiger partial charge in [-0.2, -0.15) is 0 Å². The Labute approximate surface area is 112 Å². The molecular formula is C13H18N2O4. The minimum Gasteiger partial charge on any atom is -0.489 e. The second-order valence-corrected chi connectivity index (χ2v) is 4.68. The molecule has 6 heteroatoms. The zero-order chi connectivity index (χ0) is 13.8. The van der Waals surface area contributed by atoms with Crippen molar-refractivity contribution in [3.63, 3.8) is 0 Å². The van der Waals surface area contributed by atoms with Crippen molar-refractivity contribution in [1.29, 1.82) is 0 Å². The van der Waals surface area contributed by atoms with E-state index < -0.39 is 4.92 Å². The number of ether oxygens (including phenoxy) is 2. The average molecular weight is 266 g/mol. The number of nitro benzene ring substituents is 1. The van der Waals surface area contributed by atoms with Crippen LogP contribution < -0.4 is 9.64 Å². The van der Waals surface area contributed by atoms with Crippen LogP contribution in [0.4, 0.5) is 11.4 Å². The maximum Gasteiger partial charge on any atom is 0.273 e. The van der Waals surface area contributed by atoms with E-state index in [0.29, 0.717) is 19.0 Å². The minimum absolute atomic E-state index is 0.0261. The summed E-state index contributed by atoms with van der Waals surface area (Å²) in [5.41, 5.74) is 0.940. The number of nitrogens with zero attached hydrogens (tertiary/aromatic N) is 2.